The number of ether oxygens (including phenoxy) is 1. The summed E-state index contributed by atoms with van der Waals surface area (Å²) in [6.07, 6.45) is 0.510. The molecule has 1 saturated heterocycles. The molecule has 2 unspecified atom stereocenters. The van der Waals surface area contributed by atoms with E-state index in [2.05, 4.69) is 5.32 Å². The van der Waals surface area contributed by atoms with E-state index in [9.17, 15) is 4.39 Å². The van der Waals surface area contributed by atoms with Crippen LogP contribution >= 0.6 is 0 Å². The maximum atomic E-state index is 13.2. The summed E-state index contributed by atoms with van der Waals surface area (Å²) in [7, 11) is 1.64. The number of hydrogen-bond acceptors (Lipinski definition) is 2. The molecule has 1 aliphatic heterocycles. The third-order valence-corrected chi connectivity index (χ3v) is 2.84. The Morgan fingerprint density at radius 2 is 2.33 bits per heavy atom. The summed E-state index contributed by atoms with van der Waals surface area (Å²) < 4.78 is 18.4. The van der Waals surface area contributed by atoms with Crippen molar-refractivity contribution in [3.05, 3.63) is 29.8 Å². The molecule has 0 spiro atoms. The van der Waals surface area contributed by atoms with E-state index in [0.29, 0.717) is 12.8 Å². The van der Waals surface area contributed by atoms with Crippen LogP contribution in [-0.2, 0) is 0 Å². The summed E-state index contributed by atoms with van der Waals surface area (Å²) in [6.45, 7) is 0.753. The first-order chi connectivity index (χ1) is 7.29. The summed E-state index contributed by atoms with van der Waals surface area (Å²) in [6, 6.07) is 7.95. The highest BCUT2D eigenvalue weighted by molar-refractivity contribution is 5.30. The number of hydrogen-bond donors (Lipinski definition) is 1. The molecule has 0 saturated carbocycles. The number of nitrogens with one attached hydrogen (secondary N) is 1. The minimum Gasteiger partial charge on any atom is -0.497 e. The molecule has 2 atom stereocenters. The lowest BCUT2D eigenvalue weighted by Crippen LogP contribution is -2.32. The molecule has 1 fully saturated rings. The van der Waals surface area contributed by atoms with Crippen molar-refractivity contribution in [1.29, 1.82) is 0 Å². The Bertz CT molecular complexity index is 329. The smallest absolute Gasteiger partial charge is 0.119 e. The van der Waals surface area contributed by atoms with Gasteiger partial charge in [0, 0.05) is 6.04 Å². The highest BCUT2D eigenvalue weighted by Gasteiger charge is 2.22. The molecule has 0 aromatic heterocycles. The quantitative estimate of drug-likeness (QED) is 0.807. The lowest BCUT2D eigenvalue weighted by Gasteiger charge is -2.26. The van der Waals surface area contributed by atoms with Crippen molar-refractivity contribution in [2.75, 3.05) is 13.7 Å². The average molecular weight is 209 g/mol. The lowest BCUT2D eigenvalue weighted by molar-refractivity contribution is 0.224. The van der Waals surface area contributed by atoms with Crippen LogP contribution < -0.4 is 10.1 Å². The van der Waals surface area contributed by atoms with Crippen molar-refractivity contribution in [3.8, 4) is 5.75 Å². The number of alkyl halides is 1. The molecule has 1 aromatic rings. The maximum Gasteiger partial charge on any atom is 0.119 e. The van der Waals surface area contributed by atoms with E-state index < -0.39 is 6.17 Å². The van der Waals surface area contributed by atoms with E-state index in [-0.39, 0.29) is 6.04 Å². The molecule has 1 heterocycles. The number of methoxy groups -OCH3 is 1. The van der Waals surface area contributed by atoms with Crippen LogP contribution in [0.2, 0.25) is 0 Å². The fraction of sp³-hybridized carbons (Fsp3) is 0.500. The number of halogens is 1. The van der Waals surface area contributed by atoms with Gasteiger partial charge in [0.25, 0.3) is 0 Å². The Hall–Kier alpha value is -1.09. The molecule has 15 heavy (non-hydrogen) atoms. The summed E-state index contributed by atoms with van der Waals surface area (Å²) in [5.41, 5.74) is 1.11. The van der Waals surface area contributed by atoms with Crippen LogP contribution in [0.1, 0.15) is 24.4 Å². The molecule has 1 aliphatic rings. The average Bonchev–Trinajstić information content (AvgIpc) is 2.29. The Kier molecular flexibility index (Phi) is 3.21. The molecule has 1 N–H and O–H groups in total. The van der Waals surface area contributed by atoms with E-state index in [1.54, 1.807) is 7.11 Å². The third kappa shape index (κ3) is 2.48. The van der Waals surface area contributed by atoms with Gasteiger partial charge in [0.2, 0.25) is 0 Å². The predicted octanol–water partition coefficient (Wildman–Crippen LogP) is 2.46. The predicted molar refractivity (Wildman–Crippen MR) is 57.9 cm³/mol. The Morgan fingerprint density at radius 1 is 1.47 bits per heavy atom. The second kappa shape index (κ2) is 4.62. The van der Waals surface area contributed by atoms with Gasteiger partial charge in [-0.2, -0.15) is 0 Å². The van der Waals surface area contributed by atoms with Gasteiger partial charge in [-0.3, -0.25) is 0 Å². The first-order valence-electron chi connectivity index (χ1n) is 5.31. The van der Waals surface area contributed by atoms with Crippen molar-refractivity contribution in [2.45, 2.75) is 25.1 Å². The van der Waals surface area contributed by atoms with Crippen LogP contribution in [0.3, 0.4) is 0 Å². The van der Waals surface area contributed by atoms with E-state index in [0.717, 1.165) is 17.9 Å². The van der Waals surface area contributed by atoms with E-state index in [4.69, 9.17) is 4.74 Å². The highest BCUT2D eigenvalue weighted by Crippen LogP contribution is 2.27. The normalized spacial score (nSPS) is 26.3. The fourth-order valence-electron chi connectivity index (χ4n) is 1.98. The zero-order valence-corrected chi connectivity index (χ0v) is 8.87. The zero-order chi connectivity index (χ0) is 10.7. The first kappa shape index (κ1) is 10.4. The molecule has 0 amide bonds. The van der Waals surface area contributed by atoms with Crippen molar-refractivity contribution < 1.29 is 9.13 Å². The van der Waals surface area contributed by atoms with Crippen molar-refractivity contribution >= 4 is 0 Å². The number of rotatable bonds is 2. The minimum absolute atomic E-state index is 0.129. The van der Waals surface area contributed by atoms with Gasteiger partial charge in [-0.15, -0.1) is 0 Å². The number of benzene rings is 1. The SMILES string of the molecule is COc1cccc(C2CC(F)CCN2)c1. The van der Waals surface area contributed by atoms with Crippen LogP contribution in [0.25, 0.3) is 0 Å². The lowest BCUT2D eigenvalue weighted by atomic mass is 9.96. The summed E-state index contributed by atoms with van der Waals surface area (Å²) >= 11 is 0. The van der Waals surface area contributed by atoms with Gasteiger partial charge in [0.15, 0.2) is 0 Å². The Morgan fingerprint density at radius 3 is 3.07 bits per heavy atom. The van der Waals surface area contributed by atoms with Gasteiger partial charge in [-0.05, 0) is 37.1 Å². The fourth-order valence-corrected chi connectivity index (χ4v) is 1.98. The van der Waals surface area contributed by atoms with Gasteiger partial charge in [0.05, 0.1) is 7.11 Å². The molecule has 2 nitrogen and oxygen atoms in total. The number of piperidine rings is 1. The van der Waals surface area contributed by atoms with Crippen LogP contribution in [0, 0.1) is 0 Å². The maximum absolute atomic E-state index is 13.2. The van der Waals surface area contributed by atoms with Gasteiger partial charge >= 0.3 is 0 Å². The van der Waals surface area contributed by atoms with E-state index >= 15 is 0 Å². The summed E-state index contributed by atoms with van der Waals surface area (Å²) in [5.74, 6) is 0.829. The summed E-state index contributed by atoms with van der Waals surface area (Å²) in [4.78, 5) is 0. The second-order valence-corrected chi connectivity index (χ2v) is 3.90. The van der Waals surface area contributed by atoms with Crippen LogP contribution in [0.5, 0.6) is 5.75 Å². The van der Waals surface area contributed by atoms with E-state index in [1.165, 1.54) is 0 Å². The monoisotopic (exact) mass is 209 g/mol. The molecular formula is C12H16FNO. The molecule has 0 bridgehead atoms. The molecule has 2 rings (SSSR count). The molecule has 3 heteroatoms. The molecule has 1 aromatic carbocycles. The molecule has 0 radical (unpaired) electrons. The van der Waals surface area contributed by atoms with Gasteiger partial charge in [-0.1, -0.05) is 12.1 Å². The minimum atomic E-state index is -0.678. The third-order valence-electron chi connectivity index (χ3n) is 2.84. The largest absolute Gasteiger partial charge is 0.497 e. The van der Waals surface area contributed by atoms with Crippen molar-refractivity contribution in [3.63, 3.8) is 0 Å². The highest BCUT2D eigenvalue weighted by atomic mass is 19.1. The molecule has 82 valence electrons. The van der Waals surface area contributed by atoms with Crippen LogP contribution in [0.4, 0.5) is 4.39 Å². The van der Waals surface area contributed by atoms with Crippen LogP contribution in [0.15, 0.2) is 24.3 Å². The van der Waals surface area contributed by atoms with E-state index in [1.807, 2.05) is 24.3 Å². The van der Waals surface area contributed by atoms with Gasteiger partial charge in [0.1, 0.15) is 11.9 Å². The zero-order valence-electron chi connectivity index (χ0n) is 8.87. The Balaban J connectivity index is 2.13. The van der Waals surface area contributed by atoms with Gasteiger partial charge in [-0.25, -0.2) is 4.39 Å². The van der Waals surface area contributed by atoms with Crippen molar-refractivity contribution in [1.82, 2.24) is 5.32 Å². The second-order valence-electron chi connectivity index (χ2n) is 3.90. The topological polar surface area (TPSA) is 21.3 Å². The summed E-state index contributed by atoms with van der Waals surface area (Å²) in [5, 5.41) is 3.32. The van der Waals surface area contributed by atoms with Crippen LogP contribution in [-0.4, -0.2) is 19.8 Å². The molecular weight excluding hydrogens is 193 g/mol. The van der Waals surface area contributed by atoms with Gasteiger partial charge < -0.3 is 10.1 Å². The first-order valence-corrected chi connectivity index (χ1v) is 5.31. The Labute approximate surface area is 89.4 Å². The standard InChI is InChI=1S/C12H16FNO/c1-15-11-4-2-3-9(7-11)12-8-10(13)5-6-14-12/h2-4,7,10,12,14H,5-6,8H2,1H3. The molecule has 0 aliphatic carbocycles. The van der Waals surface area contributed by atoms with Crippen molar-refractivity contribution in [2.24, 2.45) is 0 Å².